The molecular formula is C25H24F2N2O2. The van der Waals surface area contributed by atoms with Crippen LogP contribution in [0.3, 0.4) is 0 Å². The maximum absolute atomic E-state index is 13.7. The molecule has 1 aromatic heterocycles. The maximum Gasteiger partial charge on any atom is 0.251 e. The van der Waals surface area contributed by atoms with Gasteiger partial charge in [0.1, 0.15) is 11.6 Å². The average Bonchev–Trinajstić information content (AvgIpc) is 3.58. The van der Waals surface area contributed by atoms with Gasteiger partial charge in [-0.3, -0.25) is 9.78 Å². The van der Waals surface area contributed by atoms with Gasteiger partial charge in [0, 0.05) is 5.56 Å². The molecule has 31 heavy (non-hydrogen) atoms. The number of hydrogen-bond acceptors (Lipinski definition) is 3. The molecule has 3 aromatic rings. The second-order valence-electron chi connectivity index (χ2n) is 8.13. The van der Waals surface area contributed by atoms with E-state index in [0.717, 1.165) is 29.5 Å². The molecule has 1 heterocycles. The zero-order chi connectivity index (χ0) is 22.1. The Morgan fingerprint density at radius 1 is 1.13 bits per heavy atom. The first-order chi connectivity index (χ1) is 14.9. The lowest BCUT2D eigenvalue weighted by Crippen LogP contribution is -2.30. The van der Waals surface area contributed by atoms with Crippen molar-refractivity contribution >= 4 is 5.91 Å². The first-order valence-corrected chi connectivity index (χ1v) is 10.3. The average molecular weight is 422 g/mol. The molecule has 4 nitrogen and oxygen atoms in total. The number of benzene rings is 2. The summed E-state index contributed by atoms with van der Waals surface area (Å²) in [4.78, 5) is 17.5. The summed E-state index contributed by atoms with van der Waals surface area (Å²) < 4.78 is 27.2. The quantitative estimate of drug-likeness (QED) is 0.587. The molecule has 2 N–H and O–H groups in total. The number of nitrogens with one attached hydrogen (secondary N) is 1. The van der Waals surface area contributed by atoms with E-state index in [9.17, 15) is 18.7 Å². The van der Waals surface area contributed by atoms with E-state index in [4.69, 9.17) is 0 Å². The number of aromatic nitrogens is 1. The molecule has 6 heteroatoms. The summed E-state index contributed by atoms with van der Waals surface area (Å²) >= 11 is 0. The van der Waals surface area contributed by atoms with Gasteiger partial charge in [-0.05, 0) is 97.3 Å². The maximum atomic E-state index is 13.7. The summed E-state index contributed by atoms with van der Waals surface area (Å²) in [5.41, 5.74) is 4.19. The molecule has 0 aliphatic heterocycles. The van der Waals surface area contributed by atoms with Crippen molar-refractivity contribution in [2.24, 2.45) is 5.92 Å². The van der Waals surface area contributed by atoms with Crippen molar-refractivity contribution in [2.75, 3.05) is 0 Å². The van der Waals surface area contributed by atoms with E-state index >= 15 is 0 Å². The van der Waals surface area contributed by atoms with Crippen LogP contribution >= 0.6 is 0 Å². The van der Waals surface area contributed by atoms with Crippen LogP contribution in [0.25, 0.3) is 11.1 Å². The van der Waals surface area contributed by atoms with Gasteiger partial charge >= 0.3 is 0 Å². The van der Waals surface area contributed by atoms with Crippen LogP contribution in [0.1, 0.15) is 51.8 Å². The van der Waals surface area contributed by atoms with Gasteiger partial charge in [0.05, 0.1) is 24.0 Å². The smallest absolute Gasteiger partial charge is 0.251 e. The second kappa shape index (κ2) is 8.55. The molecule has 0 spiro atoms. The van der Waals surface area contributed by atoms with Crippen molar-refractivity contribution in [3.05, 3.63) is 88.2 Å². The number of aryl methyl sites for hydroxylation is 2. The Hall–Kier alpha value is -3.12. The minimum absolute atomic E-state index is 0.223. The third-order valence-electron chi connectivity index (χ3n) is 5.68. The molecule has 160 valence electrons. The van der Waals surface area contributed by atoms with Gasteiger partial charge in [0.15, 0.2) is 0 Å². The molecule has 1 aliphatic carbocycles. The Kier molecular flexibility index (Phi) is 5.83. The Balaban J connectivity index is 1.66. The highest BCUT2D eigenvalue weighted by Gasteiger charge is 2.34. The van der Waals surface area contributed by atoms with Gasteiger partial charge < -0.3 is 10.4 Å². The van der Waals surface area contributed by atoms with Crippen molar-refractivity contribution in [1.82, 2.24) is 10.3 Å². The molecular weight excluding hydrogens is 398 g/mol. The molecule has 1 amide bonds. The monoisotopic (exact) mass is 422 g/mol. The molecule has 0 saturated heterocycles. The van der Waals surface area contributed by atoms with Gasteiger partial charge in [0.2, 0.25) is 0 Å². The predicted octanol–water partition coefficient (Wildman–Crippen LogP) is 5.02. The van der Waals surface area contributed by atoms with E-state index < -0.39 is 0 Å². The molecule has 2 aromatic carbocycles. The van der Waals surface area contributed by atoms with Crippen LogP contribution in [0.5, 0.6) is 0 Å². The van der Waals surface area contributed by atoms with Crippen LogP contribution < -0.4 is 5.32 Å². The van der Waals surface area contributed by atoms with Gasteiger partial charge in [-0.2, -0.15) is 0 Å². The second-order valence-corrected chi connectivity index (χ2v) is 8.13. The number of hydrogen-bond donors (Lipinski definition) is 2. The SMILES string of the molecule is Cc1cc(F)ccc1-c1cc(CO)cc(C(=O)N[C@@H](c2ccc(F)c(C)n2)C2CC2)c1. The van der Waals surface area contributed by atoms with Crippen molar-refractivity contribution in [3.63, 3.8) is 0 Å². The van der Waals surface area contributed by atoms with Gasteiger partial charge in [-0.15, -0.1) is 0 Å². The minimum Gasteiger partial charge on any atom is -0.392 e. The number of aliphatic hydroxyl groups excluding tert-OH is 1. The lowest BCUT2D eigenvalue weighted by molar-refractivity contribution is 0.0930. The van der Waals surface area contributed by atoms with Crippen LogP contribution in [0.4, 0.5) is 8.78 Å². The molecule has 0 bridgehead atoms. The largest absolute Gasteiger partial charge is 0.392 e. The molecule has 0 unspecified atom stereocenters. The summed E-state index contributed by atoms with van der Waals surface area (Å²) in [5, 5.41) is 12.8. The van der Waals surface area contributed by atoms with E-state index in [2.05, 4.69) is 10.3 Å². The van der Waals surface area contributed by atoms with E-state index in [1.807, 2.05) is 0 Å². The number of halogens is 2. The summed E-state index contributed by atoms with van der Waals surface area (Å²) in [6, 6.07) is 12.3. The summed E-state index contributed by atoms with van der Waals surface area (Å²) in [7, 11) is 0. The Bertz CT molecular complexity index is 1140. The highest BCUT2D eigenvalue weighted by Crippen LogP contribution is 2.41. The normalized spacial score (nSPS) is 14.4. The molecule has 1 aliphatic rings. The van der Waals surface area contributed by atoms with E-state index in [0.29, 0.717) is 22.5 Å². The Morgan fingerprint density at radius 3 is 2.55 bits per heavy atom. The van der Waals surface area contributed by atoms with Crippen LogP contribution in [-0.4, -0.2) is 16.0 Å². The highest BCUT2D eigenvalue weighted by molar-refractivity contribution is 5.96. The summed E-state index contributed by atoms with van der Waals surface area (Å²) in [6.45, 7) is 3.18. The summed E-state index contributed by atoms with van der Waals surface area (Å²) in [5.74, 6) is -0.732. The third-order valence-corrected chi connectivity index (χ3v) is 5.68. The van der Waals surface area contributed by atoms with Gasteiger partial charge in [-0.1, -0.05) is 6.07 Å². The zero-order valence-electron chi connectivity index (χ0n) is 17.5. The van der Waals surface area contributed by atoms with Gasteiger partial charge in [0.25, 0.3) is 5.91 Å². The topological polar surface area (TPSA) is 62.2 Å². The van der Waals surface area contributed by atoms with Crippen LogP contribution in [0.2, 0.25) is 0 Å². The lowest BCUT2D eigenvalue weighted by Gasteiger charge is -2.19. The van der Waals surface area contributed by atoms with Crippen molar-refractivity contribution in [1.29, 1.82) is 0 Å². The number of rotatable bonds is 6. The molecule has 4 rings (SSSR count). The fourth-order valence-corrected chi connectivity index (χ4v) is 3.84. The highest BCUT2D eigenvalue weighted by atomic mass is 19.1. The first kappa shape index (κ1) is 21.1. The third kappa shape index (κ3) is 4.64. The number of carbonyl (C=O) groups excluding carboxylic acids is 1. The number of amides is 1. The van der Waals surface area contributed by atoms with Crippen LogP contribution in [0.15, 0.2) is 48.5 Å². The predicted molar refractivity (Wildman–Crippen MR) is 114 cm³/mol. The molecule has 1 fully saturated rings. The zero-order valence-corrected chi connectivity index (χ0v) is 17.5. The van der Waals surface area contributed by atoms with Crippen LogP contribution in [-0.2, 0) is 6.61 Å². The van der Waals surface area contributed by atoms with Gasteiger partial charge in [-0.25, -0.2) is 8.78 Å². The number of carbonyl (C=O) groups is 1. The fourth-order valence-electron chi connectivity index (χ4n) is 3.84. The Labute approximate surface area is 180 Å². The van der Waals surface area contributed by atoms with Crippen molar-refractivity contribution in [2.45, 2.75) is 39.3 Å². The van der Waals surface area contributed by atoms with E-state index in [1.54, 1.807) is 44.2 Å². The molecule has 0 radical (unpaired) electrons. The molecule has 1 saturated carbocycles. The standard InChI is InChI=1S/C25H24F2N2O2/c1-14-9-20(26)5-6-21(14)18-10-16(13-30)11-19(12-18)25(31)29-24(17-3-4-17)23-8-7-22(27)15(2)28-23/h5-12,17,24,30H,3-4,13H2,1-2H3,(H,29,31)/t24-/m1/s1. The van der Waals surface area contributed by atoms with E-state index in [-0.39, 0.29) is 36.1 Å². The molecule has 1 atom stereocenters. The number of nitrogens with zero attached hydrogens (tertiary/aromatic N) is 1. The lowest BCUT2D eigenvalue weighted by atomic mass is 9.96. The summed E-state index contributed by atoms with van der Waals surface area (Å²) in [6.07, 6.45) is 1.94. The van der Waals surface area contributed by atoms with Crippen molar-refractivity contribution in [3.8, 4) is 11.1 Å². The first-order valence-electron chi connectivity index (χ1n) is 10.3. The van der Waals surface area contributed by atoms with E-state index in [1.165, 1.54) is 18.2 Å². The number of aliphatic hydroxyl groups is 1. The fraction of sp³-hybridized carbons (Fsp3) is 0.280. The number of pyridine rings is 1. The van der Waals surface area contributed by atoms with Crippen LogP contribution in [0, 0.1) is 31.4 Å². The van der Waals surface area contributed by atoms with Crippen molar-refractivity contribution < 1.29 is 18.7 Å². The Morgan fingerprint density at radius 2 is 1.90 bits per heavy atom. The minimum atomic E-state index is -0.375.